The fraction of sp³-hybridized carbons (Fsp3) is 0.188. The molecule has 4 heteroatoms. The predicted octanol–water partition coefficient (Wildman–Crippen LogP) is 3.93. The summed E-state index contributed by atoms with van der Waals surface area (Å²) < 4.78 is 0.817. The Balaban J connectivity index is 2.37. The summed E-state index contributed by atoms with van der Waals surface area (Å²) in [5, 5.41) is 9.33. The predicted molar refractivity (Wildman–Crippen MR) is 86.4 cm³/mol. The van der Waals surface area contributed by atoms with Crippen molar-refractivity contribution in [2.45, 2.75) is 13.5 Å². The minimum Gasteiger partial charge on any atom is -0.398 e. The van der Waals surface area contributed by atoms with Gasteiger partial charge in [0.05, 0.1) is 11.3 Å². The first-order chi connectivity index (χ1) is 9.67. The van der Waals surface area contributed by atoms with Gasteiger partial charge in [-0.1, -0.05) is 24.3 Å². The quantitative estimate of drug-likeness (QED) is 0.864. The Bertz CT molecular complexity index is 646. The van der Waals surface area contributed by atoms with Crippen molar-refractivity contribution >= 4 is 27.3 Å². The highest BCUT2D eigenvalue weighted by atomic mass is 79.9. The molecule has 2 N–H and O–H groups in total. The van der Waals surface area contributed by atoms with Gasteiger partial charge in [-0.05, 0) is 46.6 Å². The highest BCUT2D eigenvalue weighted by molar-refractivity contribution is 9.10. The van der Waals surface area contributed by atoms with Crippen molar-refractivity contribution in [1.29, 1.82) is 5.26 Å². The minimum absolute atomic E-state index is 0.656. The normalized spacial score (nSPS) is 10.1. The fourth-order valence-electron chi connectivity index (χ4n) is 2.14. The highest BCUT2D eigenvalue weighted by Crippen LogP contribution is 2.28. The Hall–Kier alpha value is -1.99. The number of benzene rings is 2. The van der Waals surface area contributed by atoms with Crippen LogP contribution in [0.4, 0.5) is 11.4 Å². The van der Waals surface area contributed by atoms with Crippen LogP contribution in [0.5, 0.6) is 0 Å². The first kappa shape index (κ1) is 14.4. The van der Waals surface area contributed by atoms with Crippen molar-refractivity contribution in [2.24, 2.45) is 0 Å². The zero-order valence-electron chi connectivity index (χ0n) is 11.3. The van der Waals surface area contributed by atoms with Crippen molar-refractivity contribution in [3.63, 3.8) is 0 Å². The summed E-state index contributed by atoms with van der Waals surface area (Å²) in [4.78, 5) is 2.15. The van der Waals surface area contributed by atoms with Gasteiger partial charge in [-0.2, -0.15) is 5.26 Å². The molecule has 20 heavy (non-hydrogen) atoms. The molecule has 0 fully saturated rings. The van der Waals surface area contributed by atoms with Crippen LogP contribution < -0.4 is 10.6 Å². The van der Waals surface area contributed by atoms with Crippen molar-refractivity contribution in [1.82, 2.24) is 0 Å². The largest absolute Gasteiger partial charge is 0.398 e. The molecule has 0 aliphatic carbocycles. The molecule has 0 spiro atoms. The molecule has 0 saturated heterocycles. The summed E-state index contributed by atoms with van der Waals surface area (Å²) in [5.41, 5.74) is 9.43. The molecule has 2 rings (SSSR count). The molecule has 0 saturated carbocycles. The van der Waals surface area contributed by atoms with Crippen molar-refractivity contribution < 1.29 is 0 Å². The SMILES string of the molecule is CCN(Cc1ccccc1N)c1cccc(Br)c1C#N. The number of anilines is 2. The number of para-hydroxylation sites is 1. The Morgan fingerprint density at radius 3 is 2.60 bits per heavy atom. The van der Waals surface area contributed by atoms with E-state index in [0.717, 1.165) is 28.0 Å². The van der Waals surface area contributed by atoms with Crippen LogP contribution in [0.2, 0.25) is 0 Å². The molecule has 0 unspecified atom stereocenters. The molecule has 0 aromatic heterocycles. The van der Waals surface area contributed by atoms with Gasteiger partial charge >= 0.3 is 0 Å². The molecule has 2 aromatic rings. The molecule has 0 atom stereocenters. The summed E-state index contributed by atoms with van der Waals surface area (Å²) >= 11 is 3.43. The summed E-state index contributed by atoms with van der Waals surface area (Å²) in [6, 6.07) is 15.9. The average molecular weight is 330 g/mol. The Kier molecular flexibility index (Phi) is 4.65. The number of halogens is 1. The molecule has 0 radical (unpaired) electrons. The topological polar surface area (TPSA) is 53.0 Å². The van der Waals surface area contributed by atoms with Gasteiger partial charge in [0.15, 0.2) is 0 Å². The molecule has 2 aromatic carbocycles. The molecule has 0 aliphatic rings. The van der Waals surface area contributed by atoms with Crippen molar-refractivity contribution in [2.75, 3.05) is 17.2 Å². The second-order valence-corrected chi connectivity index (χ2v) is 5.31. The highest BCUT2D eigenvalue weighted by Gasteiger charge is 2.13. The van der Waals surface area contributed by atoms with Crippen molar-refractivity contribution in [3.8, 4) is 6.07 Å². The van der Waals surface area contributed by atoms with Gasteiger partial charge in [-0.15, -0.1) is 0 Å². The van der Waals surface area contributed by atoms with E-state index in [4.69, 9.17) is 5.73 Å². The lowest BCUT2D eigenvalue weighted by Crippen LogP contribution is -2.23. The molecular formula is C16H16BrN3. The third-order valence-corrected chi connectivity index (χ3v) is 3.90. The summed E-state index contributed by atoms with van der Waals surface area (Å²) in [6.07, 6.45) is 0. The molecule has 0 heterocycles. The Labute approximate surface area is 127 Å². The molecule has 0 bridgehead atoms. The van der Waals surface area contributed by atoms with E-state index in [9.17, 15) is 5.26 Å². The minimum atomic E-state index is 0.656. The first-order valence-electron chi connectivity index (χ1n) is 6.44. The number of nitrogens with zero attached hydrogens (tertiary/aromatic N) is 2. The van der Waals surface area contributed by atoms with Crippen molar-refractivity contribution in [3.05, 3.63) is 58.1 Å². The van der Waals surface area contributed by atoms with E-state index in [0.29, 0.717) is 12.1 Å². The standard InChI is InChI=1S/C16H16BrN3/c1-2-20(11-12-6-3-4-8-15(12)19)16-9-5-7-14(17)13(16)10-18/h3-9H,2,11,19H2,1H3. The number of nitrogen functional groups attached to an aromatic ring is 1. The van der Waals surface area contributed by atoms with Crippen LogP contribution in [-0.2, 0) is 6.54 Å². The van der Waals surface area contributed by atoms with Crippen LogP contribution in [0.25, 0.3) is 0 Å². The van der Waals surface area contributed by atoms with Gasteiger partial charge < -0.3 is 10.6 Å². The van der Waals surface area contributed by atoms with E-state index in [-0.39, 0.29) is 0 Å². The molecule has 0 aliphatic heterocycles. The summed E-state index contributed by atoms with van der Waals surface area (Å²) in [7, 11) is 0. The second kappa shape index (κ2) is 6.44. The van der Waals surface area contributed by atoms with E-state index >= 15 is 0 Å². The molecule has 0 amide bonds. The number of rotatable bonds is 4. The molecule has 102 valence electrons. The maximum atomic E-state index is 9.33. The lowest BCUT2D eigenvalue weighted by molar-refractivity contribution is 0.831. The number of hydrogen-bond donors (Lipinski definition) is 1. The molecule has 3 nitrogen and oxygen atoms in total. The van der Waals surface area contributed by atoms with Gasteiger partial charge in [0.1, 0.15) is 6.07 Å². The maximum absolute atomic E-state index is 9.33. The lowest BCUT2D eigenvalue weighted by Gasteiger charge is -2.25. The van der Waals surface area contributed by atoms with Gasteiger partial charge in [0.25, 0.3) is 0 Å². The molecular weight excluding hydrogens is 314 g/mol. The fourth-order valence-corrected chi connectivity index (χ4v) is 2.58. The second-order valence-electron chi connectivity index (χ2n) is 4.46. The van der Waals surface area contributed by atoms with Gasteiger partial charge in [-0.25, -0.2) is 0 Å². The van der Waals surface area contributed by atoms with E-state index in [1.807, 2.05) is 42.5 Å². The zero-order valence-corrected chi connectivity index (χ0v) is 12.9. The maximum Gasteiger partial charge on any atom is 0.103 e. The number of hydrogen-bond acceptors (Lipinski definition) is 3. The summed E-state index contributed by atoms with van der Waals surface area (Å²) in [6.45, 7) is 3.56. The summed E-state index contributed by atoms with van der Waals surface area (Å²) in [5.74, 6) is 0. The van der Waals surface area contributed by atoms with E-state index in [1.165, 1.54) is 0 Å². The van der Waals surface area contributed by atoms with Crippen LogP contribution in [0.15, 0.2) is 46.9 Å². The van der Waals surface area contributed by atoms with Gasteiger partial charge in [0, 0.05) is 23.2 Å². The van der Waals surface area contributed by atoms with E-state index < -0.39 is 0 Å². The number of nitriles is 1. The van der Waals surface area contributed by atoms with E-state index in [1.54, 1.807) is 0 Å². The van der Waals surface area contributed by atoms with Crippen LogP contribution in [0.3, 0.4) is 0 Å². The lowest BCUT2D eigenvalue weighted by atomic mass is 10.1. The third-order valence-electron chi connectivity index (χ3n) is 3.24. The zero-order chi connectivity index (χ0) is 14.5. The van der Waals surface area contributed by atoms with E-state index in [2.05, 4.69) is 33.8 Å². The number of nitrogens with two attached hydrogens (primary N) is 1. The third kappa shape index (κ3) is 2.94. The monoisotopic (exact) mass is 329 g/mol. The smallest absolute Gasteiger partial charge is 0.103 e. The van der Waals surface area contributed by atoms with Gasteiger partial charge in [-0.3, -0.25) is 0 Å². The first-order valence-corrected chi connectivity index (χ1v) is 7.23. The van der Waals surface area contributed by atoms with Crippen LogP contribution in [0.1, 0.15) is 18.1 Å². The van der Waals surface area contributed by atoms with Crippen LogP contribution in [0, 0.1) is 11.3 Å². The average Bonchev–Trinajstić information content (AvgIpc) is 2.46. The Morgan fingerprint density at radius 1 is 1.20 bits per heavy atom. The Morgan fingerprint density at radius 2 is 1.95 bits per heavy atom. The van der Waals surface area contributed by atoms with Crippen LogP contribution in [-0.4, -0.2) is 6.54 Å². The van der Waals surface area contributed by atoms with Crippen LogP contribution >= 0.6 is 15.9 Å². The van der Waals surface area contributed by atoms with Gasteiger partial charge in [0.2, 0.25) is 0 Å².